The molecule has 1 atom stereocenters. The van der Waals surface area contributed by atoms with Gasteiger partial charge in [-0.25, -0.2) is 9.79 Å². The first-order valence-corrected chi connectivity index (χ1v) is 13.4. The second-order valence-corrected chi connectivity index (χ2v) is 10.2. The number of fused-ring (bicyclic) bond motifs is 1. The average Bonchev–Trinajstić information content (AvgIpc) is 3.52. The molecule has 0 N–H and O–H groups in total. The summed E-state index contributed by atoms with van der Waals surface area (Å²) in [5.41, 5.74) is 1.40. The Morgan fingerprint density at radius 3 is 2.60 bits per heavy atom. The van der Waals surface area contributed by atoms with Crippen molar-refractivity contribution in [1.82, 2.24) is 4.57 Å². The third-order valence-electron chi connectivity index (χ3n) is 6.32. The fourth-order valence-corrected chi connectivity index (χ4v) is 5.66. The van der Waals surface area contributed by atoms with Crippen LogP contribution >= 0.6 is 22.9 Å². The van der Waals surface area contributed by atoms with Crippen LogP contribution in [0.1, 0.15) is 41.6 Å². The average molecular weight is 578 g/mol. The maximum atomic E-state index is 13.7. The maximum Gasteiger partial charge on any atom is 0.338 e. The lowest BCUT2D eigenvalue weighted by molar-refractivity contribution is -0.255. The predicted molar refractivity (Wildman–Crippen MR) is 147 cm³/mol. The van der Waals surface area contributed by atoms with Gasteiger partial charge in [0.1, 0.15) is 17.3 Å². The lowest BCUT2D eigenvalue weighted by atomic mass is 9.96. The quantitative estimate of drug-likeness (QED) is 0.309. The minimum absolute atomic E-state index is 0.0561. The van der Waals surface area contributed by atoms with E-state index in [0.29, 0.717) is 43.4 Å². The molecular weight excluding hydrogens is 556 g/mol. The number of aromatic carboxylic acids is 1. The van der Waals surface area contributed by atoms with Gasteiger partial charge in [0, 0.05) is 22.2 Å². The van der Waals surface area contributed by atoms with Crippen LogP contribution in [-0.4, -0.2) is 30.2 Å². The first kappa shape index (κ1) is 27.2. The number of halogens is 1. The van der Waals surface area contributed by atoms with Crippen LogP contribution in [0.15, 0.2) is 80.1 Å². The van der Waals surface area contributed by atoms with Crippen molar-refractivity contribution in [3.05, 3.63) is 107 Å². The lowest BCUT2D eigenvalue weighted by Gasteiger charge is -2.24. The number of hydrogen-bond acceptors (Lipinski definition) is 9. The lowest BCUT2D eigenvalue weighted by Crippen LogP contribution is -2.39. The van der Waals surface area contributed by atoms with Crippen LogP contribution in [0.2, 0.25) is 5.02 Å². The smallest absolute Gasteiger partial charge is 0.338 e. The molecule has 1 aliphatic rings. The van der Waals surface area contributed by atoms with Crippen molar-refractivity contribution < 1.29 is 28.6 Å². The van der Waals surface area contributed by atoms with Gasteiger partial charge in [-0.05, 0) is 61.9 Å². The summed E-state index contributed by atoms with van der Waals surface area (Å²) in [5.74, 6) is -0.560. The Kier molecular flexibility index (Phi) is 7.46. The number of furan rings is 1. The molecule has 11 heteroatoms. The highest BCUT2D eigenvalue weighted by molar-refractivity contribution is 7.07. The molecule has 0 unspecified atom stereocenters. The number of carboxylic acids is 1. The molecule has 0 spiro atoms. The van der Waals surface area contributed by atoms with E-state index in [1.807, 2.05) is 0 Å². The molecule has 9 nitrogen and oxygen atoms in total. The molecule has 1 aliphatic heterocycles. The van der Waals surface area contributed by atoms with E-state index in [1.165, 1.54) is 16.7 Å². The summed E-state index contributed by atoms with van der Waals surface area (Å²) in [6, 6.07) is 14.1. The van der Waals surface area contributed by atoms with E-state index in [1.54, 1.807) is 69.5 Å². The van der Waals surface area contributed by atoms with E-state index in [0.717, 1.165) is 11.3 Å². The molecule has 3 heterocycles. The Hall–Kier alpha value is -4.41. The second-order valence-electron chi connectivity index (χ2n) is 8.76. The van der Waals surface area contributed by atoms with Gasteiger partial charge in [0.15, 0.2) is 4.80 Å². The first-order chi connectivity index (χ1) is 19.2. The summed E-state index contributed by atoms with van der Waals surface area (Å²) in [5, 5.41) is 11.4. The first-order valence-electron chi connectivity index (χ1n) is 12.2. The van der Waals surface area contributed by atoms with Gasteiger partial charge in [0.05, 0.1) is 41.5 Å². The van der Waals surface area contributed by atoms with Crippen molar-refractivity contribution in [3.8, 4) is 17.1 Å². The highest BCUT2D eigenvalue weighted by atomic mass is 35.5. The molecule has 40 heavy (non-hydrogen) atoms. The van der Waals surface area contributed by atoms with Gasteiger partial charge in [-0.15, -0.1) is 0 Å². The Morgan fingerprint density at radius 2 is 1.93 bits per heavy atom. The Balaban J connectivity index is 1.61. The zero-order chi connectivity index (χ0) is 28.6. The SMILES string of the molecule is CCOC(=O)C1=C(C)N=c2s/c(=C\c3ccc(-c4ccc(Cl)c(C(=O)[O-])c4)o3)c(=O)n2[C@@H]1c1ccc(OC)cc1. The number of allylic oxidation sites excluding steroid dienone is 1. The zero-order valence-corrected chi connectivity index (χ0v) is 23.2. The largest absolute Gasteiger partial charge is 0.545 e. The van der Waals surface area contributed by atoms with E-state index in [2.05, 4.69) is 4.99 Å². The van der Waals surface area contributed by atoms with Gasteiger partial charge >= 0.3 is 5.97 Å². The number of nitrogens with zero attached hydrogens (tertiary/aromatic N) is 2. The van der Waals surface area contributed by atoms with Gasteiger partial charge in [-0.2, -0.15) is 0 Å². The van der Waals surface area contributed by atoms with Crippen molar-refractivity contribution in [3.63, 3.8) is 0 Å². The molecule has 2 aromatic carbocycles. The number of methoxy groups -OCH3 is 1. The summed E-state index contributed by atoms with van der Waals surface area (Å²) < 4.78 is 18.3. The summed E-state index contributed by atoms with van der Waals surface area (Å²) in [4.78, 5) is 43.1. The number of benzene rings is 2. The summed E-state index contributed by atoms with van der Waals surface area (Å²) in [7, 11) is 1.56. The minimum atomic E-state index is -1.40. The number of carbonyl (C=O) groups excluding carboxylic acids is 2. The molecule has 0 saturated carbocycles. The van der Waals surface area contributed by atoms with Crippen LogP contribution in [0.3, 0.4) is 0 Å². The number of esters is 1. The molecule has 0 radical (unpaired) electrons. The zero-order valence-electron chi connectivity index (χ0n) is 21.6. The van der Waals surface area contributed by atoms with Crippen LogP contribution in [0, 0.1) is 0 Å². The summed E-state index contributed by atoms with van der Waals surface area (Å²) in [6.45, 7) is 3.60. The molecular formula is C29H22ClN2O7S-. The van der Waals surface area contributed by atoms with Crippen LogP contribution in [-0.2, 0) is 9.53 Å². The molecule has 4 aromatic rings. The number of ether oxygens (including phenoxy) is 2. The monoisotopic (exact) mass is 577 g/mol. The molecule has 5 rings (SSSR count). The van der Waals surface area contributed by atoms with Gasteiger partial charge < -0.3 is 23.8 Å². The summed E-state index contributed by atoms with van der Waals surface area (Å²) in [6.07, 6.45) is 1.58. The normalized spacial score (nSPS) is 15.0. The van der Waals surface area contributed by atoms with Gasteiger partial charge in [-0.1, -0.05) is 35.1 Å². The molecule has 0 amide bonds. The van der Waals surface area contributed by atoms with E-state index < -0.39 is 18.0 Å². The van der Waals surface area contributed by atoms with Crippen molar-refractivity contribution in [2.45, 2.75) is 19.9 Å². The van der Waals surface area contributed by atoms with Crippen LogP contribution in [0.25, 0.3) is 17.4 Å². The molecule has 0 saturated heterocycles. The molecule has 0 aliphatic carbocycles. The highest BCUT2D eigenvalue weighted by Gasteiger charge is 2.33. The van der Waals surface area contributed by atoms with Crippen molar-refractivity contribution in [1.29, 1.82) is 0 Å². The fourth-order valence-electron chi connectivity index (χ4n) is 4.44. The van der Waals surface area contributed by atoms with E-state index in [4.69, 9.17) is 25.5 Å². The maximum absolute atomic E-state index is 13.7. The molecule has 0 fully saturated rings. The van der Waals surface area contributed by atoms with Gasteiger partial charge in [0.2, 0.25) is 0 Å². The fraction of sp³-hybridized carbons (Fsp3) is 0.172. The molecule has 204 valence electrons. The number of rotatable bonds is 7. The standard InChI is InChI=1S/C29H23ClN2O7S/c1-4-38-28(36)24-15(2)31-29-32(25(24)16-5-8-18(37-3)9-6-16)26(33)23(40-29)14-19-10-12-22(39-19)17-7-11-21(30)20(13-17)27(34)35/h5-14,25H,4H2,1-3H3,(H,34,35)/p-1/b23-14-/t25-/m1/s1. The third-order valence-corrected chi connectivity index (χ3v) is 7.63. The number of aromatic nitrogens is 1. The van der Waals surface area contributed by atoms with Crippen molar-refractivity contribution >= 4 is 41.0 Å². The third kappa shape index (κ3) is 4.99. The van der Waals surface area contributed by atoms with Gasteiger partial charge in [0.25, 0.3) is 5.56 Å². The molecule has 0 bridgehead atoms. The van der Waals surface area contributed by atoms with E-state index in [9.17, 15) is 19.5 Å². The number of hydrogen-bond donors (Lipinski definition) is 0. The second kappa shape index (κ2) is 11.0. The van der Waals surface area contributed by atoms with E-state index >= 15 is 0 Å². The van der Waals surface area contributed by atoms with E-state index in [-0.39, 0.29) is 28.3 Å². The van der Waals surface area contributed by atoms with Crippen LogP contribution < -0.4 is 24.7 Å². The highest BCUT2D eigenvalue weighted by Crippen LogP contribution is 2.32. The Morgan fingerprint density at radius 1 is 1.18 bits per heavy atom. The minimum Gasteiger partial charge on any atom is -0.545 e. The van der Waals surface area contributed by atoms with Crippen molar-refractivity contribution in [2.75, 3.05) is 13.7 Å². The predicted octanol–water partition coefficient (Wildman–Crippen LogP) is 3.08. The topological polar surface area (TPSA) is 123 Å². The van der Waals surface area contributed by atoms with Crippen LogP contribution in [0.5, 0.6) is 5.75 Å². The van der Waals surface area contributed by atoms with Gasteiger partial charge in [-0.3, -0.25) is 9.36 Å². The van der Waals surface area contributed by atoms with Crippen LogP contribution in [0.4, 0.5) is 0 Å². The number of thiazole rings is 1. The van der Waals surface area contributed by atoms with Crippen molar-refractivity contribution in [2.24, 2.45) is 4.99 Å². The summed E-state index contributed by atoms with van der Waals surface area (Å²) >= 11 is 7.11. The molecule has 2 aromatic heterocycles. The Labute approximate surface area is 236 Å². The number of carboxylic acid groups (broad SMARTS) is 1. The number of carbonyl (C=O) groups is 2. The Bertz CT molecular complexity index is 1850.